The Hall–Kier alpha value is -5.49. The zero-order valence-electron chi connectivity index (χ0n) is 51.7. The molecule has 0 aliphatic rings. The van der Waals surface area contributed by atoms with Crippen molar-refractivity contribution in [2.24, 2.45) is 0 Å². The smallest absolute Gasteiger partial charge is 0.306 e. The molecule has 0 aromatic rings. The van der Waals surface area contributed by atoms with E-state index in [0.29, 0.717) is 19.3 Å². The predicted octanol–water partition coefficient (Wildman–Crippen LogP) is 22.4. The summed E-state index contributed by atoms with van der Waals surface area (Å²) in [4.78, 5) is 38.3. The van der Waals surface area contributed by atoms with Crippen LogP contribution in [0.5, 0.6) is 0 Å². The molecular weight excluding hydrogens is 997 g/mol. The normalized spacial score (nSPS) is 13.4. The number of rotatable bonds is 56. The summed E-state index contributed by atoms with van der Waals surface area (Å²) < 4.78 is 16.8. The van der Waals surface area contributed by atoms with Crippen molar-refractivity contribution in [3.63, 3.8) is 0 Å². The Bertz CT molecular complexity index is 1900. The molecular formula is C75H116O6. The number of carbonyl (C=O) groups excluding carboxylic acids is 3. The molecule has 6 nitrogen and oxygen atoms in total. The number of esters is 3. The fourth-order valence-electron chi connectivity index (χ4n) is 8.17. The molecule has 0 aromatic heterocycles. The molecule has 1 atom stereocenters. The first kappa shape index (κ1) is 75.5. The maximum Gasteiger partial charge on any atom is 0.306 e. The van der Waals surface area contributed by atoms with Crippen molar-refractivity contribution in [2.45, 2.75) is 258 Å². The van der Waals surface area contributed by atoms with Crippen LogP contribution < -0.4 is 0 Å². The minimum Gasteiger partial charge on any atom is -0.462 e. The van der Waals surface area contributed by atoms with Gasteiger partial charge in [-0.05, 0) is 154 Å². The monoisotopic (exact) mass is 1110 g/mol. The van der Waals surface area contributed by atoms with Gasteiger partial charge in [-0.25, -0.2) is 0 Å². The third-order valence-electron chi connectivity index (χ3n) is 12.9. The van der Waals surface area contributed by atoms with E-state index >= 15 is 0 Å². The highest BCUT2D eigenvalue weighted by Crippen LogP contribution is 2.14. The van der Waals surface area contributed by atoms with Crippen LogP contribution in [0.25, 0.3) is 0 Å². The molecule has 1 unspecified atom stereocenters. The van der Waals surface area contributed by atoms with Gasteiger partial charge >= 0.3 is 17.9 Å². The molecule has 0 saturated carbocycles. The van der Waals surface area contributed by atoms with Gasteiger partial charge in [0, 0.05) is 19.3 Å². The lowest BCUT2D eigenvalue weighted by atomic mass is 10.1. The first-order valence-electron chi connectivity index (χ1n) is 32.3. The summed E-state index contributed by atoms with van der Waals surface area (Å²) in [6.07, 6.45) is 100. The standard InChI is InChI=1S/C75H116O6/c1-4-7-10-13-16-19-22-25-27-29-31-33-34-35-36-37-38-39-40-42-43-45-47-50-53-56-59-62-65-68-74(77)80-71-72(70-79-73(76)67-64-61-58-55-52-49-24-21-18-15-12-9-6-3)81-75(78)69-66-63-60-57-54-51-48-46-44-41-32-30-28-26-23-20-17-14-11-8-5-2/h7-12,16-21,25-28,31-33,35-36,38-39,41,46,48-49,52,54,57,72H,4-6,13-15,22-24,29-30,34,37,40,42-45,47,50-51,53,55-56,58-71H2,1-3H3/b10-7-,11-8-,12-9-,19-16-,20-17-,21-18-,27-25-,28-26-,33-31-,36-35-,39-38-,41-32-,48-46-,52-49-,57-54-. The van der Waals surface area contributed by atoms with Gasteiger partial charge < -0.3 is 14.2 Å². The molecule has 0 spiro atoms. The molecule has 6 heteroatoms. The third kappa shape index (κ3) is 65.2. The number of ether oxygens (including phenoxy) is 3. The van der Waals surface area contributed by atoms with Crippen LogP contribution in [0, 0.1) is 0 Å². The van der Waals surface area contributed by atoms with Crippen molar-refractivity contribution < 1.29 is 28.6 Å². The zero-order valence-corrected chi connectivity index (χ0v) is 51.7. The van der Waals surface area contributed by atoms with Crippen molar-refractivity contribution in [3.8, 4) is 0 Å². The fourth-order valence-corrected chi connectivity index (χ4v) is 8.17. The van der Waals surface area contributed by atoms with Crippen LogP contribution in [0.4, 0.5) is 0 Å². The minimum atomic E-state index is -0.827. The van der Waals surface area contributed by atoms with Crippen LogP contribution in [0.15, 0.2) is 182 Å². The summed E-state index contributed by atoms with van der Waals surface area (Å²) in [5, 5.41) is 0. The van der Waals surface area contributed by atoms with E-state index < -0.39 is 6.10 Å². The highest BCUT2D eigenvalue weighted by Gasteiger charge is 2.19. The minimum absolute atomic E-state index is 0.116. The number of allylic oxidation sites excluding steroid dienone is 30. The second-order valence-electron chi connectivity index (χ2n) is 20.5. The Balaban J connectivity index is 4.43. The molecule has 0 radical (unpaired) electrons. The number of hydrogen-bond donors (Lipinski definition) is 0. The molecule has 0 amide bonds. The Morgan fingerprint density at radius 3 is 0.728 bits per heavy atom. The Morgan fingerprint density at radius 2 is 0.444 bits per heavy atom. The lowest BCUT2D eigenvalue weighted by Gasteiger charge is -2.18. The molecule has 0 bridgehead atoms. The molecule has 0 heterocycles. The Labute approximate surface area is 497 Å². The third-order valence-corrected chi connectivity index (χ3v) is 12.9. The van der Waals surface area contributed by atoms with Gasteiger partial charge in [0.2, 0.25) is 0 Å². The molecule has 0 aliphatic heterocycles. The fraction of sp³-hybridized carbons (Fsp3) is 0.560. The van der Waals surface area contributed by atoms with Gasteiger partial charge in [0.25, 0.3) is 0 Å². The Kier molecular flexibility index (Phi) is 62.5. The number of carbonyl (C=O) groups is 3. The molecule has 0 aromatic carbocycles. The highest BCUT2D eigenvalue weighted by molar-refractivity contribution is 5.71. The zero-order chi connectivity index (χ0) is 58.5. The van der Waals surface area contributed by atoms with Gasteiger partial charge in [-0.3, -0.25) is 14.4 Å². The SMILES string of the molecule is CC/C=C\C/C=C\C/C=C\C/C=C\C/C=C\C/C=C\CCCCCCCCCCCCC(=O)OCC(COC(=O)CCCCC/C=C\C/C=C\C/C=C\CC)OC(=O)CCCC/C=C\C/C=C\C/C=C\C/C=C\C/C=C\C/C=C\CC. The summed E-state index contributed by atoms with van der Waals surface area (Å²) in [6, 6.07) is 0. The first-order valence-corrected chi connectivity index (χ1v) is 32.3. The molecule has 0 saturated heterocycles. The maximum absolute atomic E-state index is 12.9. The average molecular weight is 1110 g/mol. The van der Waals surface area contributed by atoms with Gasteiger partial charge in [-0.2, -0.15) is 0 Å². The van der Waals surface area contributed by atoms with Gasteiger partial charge in [-0.1, -0.05) is 261 Å². The van der Waals surface area contributed by atoms with Gasteiger partial charge in [0.05, 0.1) is 0 Å². The molecule has 0 aliphatic carbocycles. The summed E-state index contributed by atoms with van der Waals surface area (Å²) in [5.74, 6) is -1.00. The van der Waals surface area contributed by atoms with Gasteiger partial charge in [-0.15, -0.1) is 0 Å². The molecule has 0 rings (SSSR count). The van der Waals surface area contributed by atoms with Gasteiger partial charge in [0.1, 0.15) is 13.2 Å². The van der Waals surface area contributed by atoms with Crippen molar-refractivity contribution >= 4 is 17.9 Å². The summed E-state index contributed by atoms with van der Waals surface area (Å²) in [6.45, 7) is 6.22. The topological polar surface area (TPSA) is 78.9 Å². The molecule has 452 valence electrons. The van der Waals surface area contributed by atoms with E-state index in [4.69, 9.17) is 14.2 Å². The summed E-state index contributed by atoms with van der Waals surface area (Å²) in [7, 11) is 0. The second-order valence-corrected chi connectivity index (χ2v) is 20.5. The Morgan fingerprint density at radius 1 is 0.247 bits per heavy atom. The van der Waals surface area contributed by atoms with Crippen LogP contribution >= 0.6 is 0 Å². The van der Waals surface area contributed by atoms with Crippen molar-refractivity contribution in [2.75, 3.05) is 13.2 Å². The van der Waals surface area contributed by atoms with Crippen LogP contribution in [0.3, 0.4) is 0 Å². The van der Waals surface area contributed by atoms with Crippen LogP contribution in [0.2, 0.25) is 0 Å². The van der Waals surface area contributed by atoms with E-state index in [1.807, 2.05) is 0 Å². The van der Waals surface area contributed by atoms with E-state index in [1.54, 1.807) is 0 Å². The van der Waals surface area contributed by atoms with Crippen LogP contribution in [-0.2, 0) is 28.6 Å². The average Bonchev–Trinajstić information content (AvgIpc) is 3.46. The van der Waals surface area contributed by atoms with Crippen LogP contribution in [-0.4, -0.2) is 37.2 Å². The predicted molar refractivity (Wildman–Crippen MR) is 352 cm³/mol. The number of hydrogen-bond acceptors (Lipinski definition) is 6. The van der Waals surface area contributed by atoms with Gasteiger partial charge in [0.15, 0.2) is 6.10 Å². The second kappa shape index (κ2) is 67.0. The molecule has 0 fully saturated rings. The molecule has 81 heavy (non-hydrogen) atoms. The van der Waals surface area contributed by atoms with Crippen LogP contribution in [0.1, 0.15) is 252 Å². The number of unbranched alkanes of at least 4 members (excludes halogenated alkanes) is 15. The highest BCUT2D eigenvalue weighted by atomic mass is 16.6. The van der Waals surface area contributed by atoms with Crippen molar-refractivity contribution in [1.29, 1.82) is 0 Å². The summed E-state index contributed by atoms with van der Waals surface area (Å²) in [5.41, 5.74) is 0. The maximum atomic E-state index is 12.9. The quantitative estimate of drug-likeness (QED) is 0.0261. The van der Waals surface area contributed by atoms with E-state index in [2.05, 4.69) is 203 Å². The molecule has 0 N–H and O–H groups in total. The van der Waals surface area contributed by atoms with Crippen molar-refractivity contribution in [3.05, 3.63) is 182 Å². The van der Waals surface area contributed by atoms with E-state index in [0.717, 1.165) is 161 Å². The van der Waals surface area contributed by atoms with E-state index in [9.17, 15) is 14.4 Å². The largest absolute Gasteiger partial charge is 0.462 e. The van der Waals surface area contributed by atoms with E-state index in [1.165, 1.54) is 44.9 Å². The van der Waals surface area contributed by atoms with E-state index in [-0.39, 0.29) is 37.5 Å². The summed E-state index contributed by atoms with van der Waals surface area (Å²) >= 11 is 0. The lowest BCUT2D eigenvalue weighted by Crippen LogP contribution is -2.30. The first-order chi connectivity index (χ1) is 40.0. The lowest BCUT2D eigenvalue weighted by molar-refractivity contribution is -0.167. The van der Waals surface area contributed by atoms with Crippen molar-refractivity contribution in [1.82, 2.24) is 0 Å².